The number of sulfonamides is 1. The lowest BCUT2D eigenvalue weighted by Gasteiger charge is -2.11. The summed E-state index contributed by atoms with van der Waals surface area (Å²) < 4.78 is 36.7. The van der Waals surface area contributed by atoms with Gasteiger partial charge in [-0.05, 0) is 34.7 Å². The van der Waals surface area contributed by atoms with Gasteiger partial charge in [-0.25, -0.2) is 8.42 Å². The molecule has 1 rings (SSSR count). The van der Waals surface area contributed by atoms with Crippen molar-refractivity contribution in [3.05, 3.63) is 17.5 Å². The lowest BCUT2D eigenvalue weighted by atomic mass is 10.1. The molecule has 1 aromatic heterocycles. The fraction of sp³-hybridized carbons (Fsp3) is 0.600. The molecule has 0 amide bonds. The zero-order chi connectivity index (χ0) is 12.2. The van der Waals surface area contributed by atoms with Crippen LogP contribution < -0.4 is 0 Å². The number of hydrogen-bond donors (Lipinski definition) is 0. The van der Waals surface area contributed by atoms with Gasteiger partial charge in [-0.1, -0.05) is 19.9 Å². The molecule has 0 saturated carbocycles. The Labute approximate surface area is 99.9 Å². The smallest absolute Gasteiger partial charge is 0.204 e. The van der Waals surface area contributed by atoms with Crippen LogP contribution in [0.4, 0.5) is 4.48 Å². The van der Waals surface area contributed by atoms with Crippen molar-refractivity contribution in [1.82, 2.24) is 4.53 Å². The molecule has 0 aliphatic heterocycles. The van der Waals surface area contributed by atoms with E-state index in [0.29, 0.717) is 12.3 Å². The van der Waals surface area contributed by atoms with Crippen molar-refractivity contribution in [2.45, 2.75) is 30.9 Å². The summed E-state index contributed by atoms with van der Waals surface area (Å²) >= 11 is 1.03. The van der Waals surface area contributed by atoms with Crippen molar-refractivity contribution < 1.29 is 12.9 Å². The van der Waals surface area contributed by atoms with E-state index in [2.05, 4.69) is 0 Å². The fourth-order valence-corrected chi connectivity index (χ4v) is 3.41. The quantitative estimate of drug-likeness (QED) is 0.741. The molecule has 92 valence electrons. The third-order valence-electron chi connectivity index (χ3n) is 2.13. The molecular formula is C10H16FNO2S2. The first-order chi connectivity index (χ1) is 7.44. The Morgan fingerprint density at radius 1 is 1.50 bits per heavy atom. The topological polar surface area (TPSA) is 37.4 Å². The highest BCUT2D eigenvalue weighted by Crippen LogP contribution is 2.21. The van der Waals surface area contributed by atoms with E-state index in [1.807, 2.05) is 13.8 Å². The van der Waals surface area contributed by atoms with E-state index < -0.39 is 10.0 Å². The summed E-state index contributed by atoms with van der Waals surface area (Å²) in [6.45, 7) is 3.98. The Kier molecular flexibility index (Phi) is 4.89. The monoisotopic (exact) mass is 265 g/mol. The maximum Gasteiger partial charge on any atom is 0.278 e. The molecule has 0 fully saturated rings. The van der Waals surface area contributed by atoms with Gasteiger partial charge < -0.3 is 0 Å². The molecule has 6 heteroatoms. The molecule has 3 nitrogen and oxygen atoms in total. The van der Waals surface area contributed by atoms with Crippen molar-refractivity contribution in [3.63, 3.8) is 0 Å². The number of nitrogens with zero attached hydrogens (tertiary/aromatic N) is 1. The number of hydrogen-bond acceptors (Lipinski definition) is 3. The molecule has 0 saturated heterocycles. The summed E-state index contributed by atoms with van der Waals surface area (Å²) in [6, 6.07) is 3.01. The largest absolute Gasteiger partial charge is 0.278 e. The molecule has 0 radical (unpaired) electrons. The van der Waals surface area contributed by atoms with Crippen LogP contribution in [0.5, 0.6) is 0 Å². The molecular weight excluding hydrogens is 249 g/mol. The standard InChI is InChI=1S/C10H16FNO2S2/c1-9(2)5-3-7-12(11)16(13,14)10-6-4-8-15-10/h4,6,8-9H,3,5,7H2,1-2H3. The van der Waals surface area contributed by atoms with Gasteiger partial charge in [0.25, 0.3) is 10.0 Å². The minimum absolute atomic E-state index is 0.0544. The SMILES string of the molecule is CC(C)CCCN(F)S(=O)(=O)c1cccs1. The van der Waals surface area contributed by atoms with Crippen molar-refractivity contribution in [1.29, 1.82) is 0 Å². The summed E-state index contributed by atoms with van der Waals surface area (Å²) in [4.78, 5) is 0. The van der Waals surface area contributed by atoms with Crippen LogP contribution in [0.2, 0.25) is 0 Å². The van der Waals surface area contributed by atoms with Crippen LogP contribution in [0.1, 0.15) is 26.7 Å². The van der Waals surface area contributed by atoms with Gasteiger partial charge in [-0.3, -0.25) is 0 Å². The van der Waals surface area contributed by atoms with Crippen LogP contribution in [0.3, 0.4) is 0 Å². The second-order valence-corrected chi connectivity index (χ2v) is 6.98. The maximum atomic E-state index is 13.4. The first-order valence-electron chi connectivity index (χ1n) is 5.16. The summed E-state index contributed by atoms with van der Waals surface area (Å²) in [5, 5.41) is 1.62. The average Bonchev–Trinajstić information content (AvgIpc) is 2.69. The van der Waals surface area contributed by atoms with Gasteiger partial charge in [0, 0.05) is 6.54 Å². The minimum atomic E-state index is -3.91. The lowest BCUT2D eigenvalue weighted by molar-refractivity contribution is 0.135. The van der Waals surface area contributed by atoms with Gasteiger partial charge in [0.2, 0.25) is 0 Å². The van der Waals surface area contributed by atoms with Gasteiger partial charge >= 0.3 is 0 Å². The summed E-state index contributed by atoms with van der Waals surface area (Å²) in [5.41, 5.74) is 0. The summed E-state index contributed by atoms with van der Waals surface area (Å²) in [6.07, 6.45) is 1.36. The first-order valence-corrected chi connectivity index (χ1v) is 7.48. The Morgan fingerprint density at radius 2 is 2.19 bits per heavy atom. The molecule has 0 bridgehead atoms. The highest BCUT2D eigenvalue weighted by Gasteiger charge is 2.24. The second kappa shape index (κ2) is 5.75. The van der Waals surface area contributed by atoms with Crippen molar-refractivity contribution in [3.8, 4) is 0 Å². The van der Waals surface area contributed by atoms with Crippen molar-refractivity contribution in [2.24, 2.45) is 5.92 Å². The average molecular weight is 265 g/mol. The van der Waals surface area contributed by atoms with Crippen LogP contribution >= 0.6 is 11.3 Å². The molecule has 1 heterocycles. The van der Waals surface area contributed by atoms with E-state index >= 15 is 0 Å². The Balaban J connectivity index is 2.57. The Bertz CT molecular complexity index is 400. The predicted molar refractivity (Wildman–Crippen MR) is 63.4 cm³/mol. The molecule has 0 atom stereocenters. The van der Waals surface area contributed by atoms with Gasteiger partial charge in [0.1, 0.15) is 4.21 Å². The highest BCUT2D eigenvalue weighted by atomic mass is 32.2. The molecule has 0 N–H and O–H groups in total. The minimum Gasteiger partial charge on any atom is -0.204 e. The molecule has 0 aliphatic carbocycles. The number of rotatable bonds is 6. The van der Waals surface area contributed by atoms with Crippen LogP contribution in [0.25, 0.3) is 0 Å². The van der Waals surface area contributed by atoms with E-state index in [-0.39, 0.29) is 15.3 Å². The van der Waals surface area contributed by atoms with Gasteiger partial charge in [-0.2, -0.15) is 0 Å². The van der Waals surface area contributed by atoms with E-state index in [1.165, 1.54) is 6.07 Å². The number of halogens is 1. The van der Waals surface area contributed by atoms with E-state index in [9.17, 15) is 12.9 Å². The van der Waals surface area contributed by atoms with Crippen LogP contribution in [-0.2, 0) is 10.0 Å². The molecule has 0 unspecified atom stereocenters. The zero-order valence-corrected chi connectivity index (χ0v) is 11.0. The first kappa shape index (κ1) is 13.6. The third kappa shape index (κ3) is 3.54. The summed E-state index contributed by atoms with van der Waals surface area (Å²) in [5.74, 6) is 0.456. The molecule has 1 aromatic rings. The Morgan fingerprint density at radius 3 is 2.69 bits per heavy atom. The molecule has 0 spiro atoms. The van der Waals surface area contributed by atoms with Crippen LogP contribution in [-0.4, -0.2) is 19.5 Å². The number of thiophene rings is 1. The maximum absolute atomic E-state index is 13.4. The third-order valence-corrected chi connectivity index (χ3v) is 5.06. The van der Waals surface area contributed by atoms with Crippen molar-refractivity contribution >= 4 is 21.4 Å². The summed E-state index contributed by atoms with van der Waals surface area (Å²) in [7, 11) is -3.91. The van der Waals surface area contributed by atoms with Gasteiger partial charge in [-0.15, -0.1) is 15.8 Å². The fourth-order valence-electron chi connectivity index (χ4n) is 1.25. The molecule has 0 aromatic carbocycles. The van der Waals surface area contributed by atoms with Crippen molar-refractivity contribution in [2.75, 3.05) is 6.54 Å². The van der Waals surface area contributed by atoms with Gasteiger partial charge in [0.15, 0.2) is 0 Å². The van der Waals surface area contributed by atoms with Crippen LogP contribution in [0, 0.1) is 5.92 Å². The predicted octanol–water partition coefficient (Wildman–Crippen LogP) is 3.06. The molecule has 16 heavy (non-hydrogen) atoms. The van der Waals surface area contributed by atoms with Crippen LogP contribution in [0.15, 0.2) is 21.7 Å². The van der Waals surface area contributed by atoms with Gasteiger partial charge in [0.05, 0.1) is 0 Å². The highest BCUT2D eigenvalue weighted by molar-refractivity contribution is 7.91. The molecule has 0 aliphatic rings. The second-order valence-electron chi connectivity index (χ2n) is 3.98. The Hall–Kier alpha value is -0.460. The van der Waals surface area contributed by atoms with E-state index in [4.69, 9.17) is 0 Å². The van der Waals surface area contributed by atoms with E-state index in [0.717, 1.165) is 17.8 Å². The zero-order valence-electron chi connectivity index (χ0n) is 9.39. The normalized spacial score (nSPS) is 12.6. The van der Waals surface area contributed by atoms with E-state index in [1.54, 1.807) is 11.4 Å². The lowest BCUT2D eigenvalue weighted by Crippen LogP contribution is -2.23.